The van der Waals surface area contributed by atoms with Crippen LogP contribution in [0.25, 0.3) is 10.2 Å². The molecule has 1 heterocycles. The topological polar surface area (TPSA) is 110 Å². The standard InChI is InChI=1S/C17H15ClN4O3S/c1-25-13-5-10(4-11(18)16(13)24)8-20-22-15(23)7-9-2-3-12-14(6-9)26-17(19)21-12/h2-6,8,24H,7H2,1H3,(H2,19,21)(H,22,23)/b20-8-. The first-order valence-corrected chi connectivity index (χ1v) is 8.69. The fourth-order valence-electron chi connectivity index (χ4n) is 2.32. The molecular weight excluding hydrogens is 376 g/mol. The number of hydrazone groups is 1. The lowest BCUT2D eigenvalue weighted by molar-refractivity contribution is -0.120. The summed E-state index contributed by atoms with van der Waals surface area (Å²) >= 11 is 7.28. The number of carbonyl (C=O) groups is 1. The van der Waals surface area contributed by atoms with Crippen molar-refractivity contribution in [3.63, 3.8) is 0 Å². The number of hydrogen-bond donors (Lipinski definition) is 3. The number of phenols is 1. The van der Waals surface area contributed by atoms with Crippen LogP contribution in [0.4, 0.5) is 5.13 Å². The van der Waals surface area contributed by atoms with E-state index in [0.29, 0.717) is 10.7 Å². The van der Waals surface area contributed by atoms with Crippen molar-refractivity contribution in [2.45, 2.75) is 6.42 Å². The van der Waals surface area contributed by atoms with Gasteiger partial charge in [0.1, 0.15) is 0 Å². The minimum absolute atomic E-state index is 0.134. The second-order valence-corrected chi connectivity index (χ2v) is 6.85. The largest absolute Gasteiger partial charge is 0.503 e. The summed E-state index contributed by atoms with van der Waals surface area (Å²) in [5.41, 5.74) is 10.4. The van der Waals surface area contributed by atoms with Gasteiger partial charge in [-0.3, -0.25) is 4.79 Å². The number of phenolic OH excluding ortho intramolecular Hbond substituents is 1. The number of rotatable bonds is 5. The van der Waals surface area contributed by atoms with E-state index >= 15 is 0 Å². The lowest BCUT2D eigenvalue weighted by Gasteiger charge is -2.06. The van der Waals surface area contributed by atoms with Crippen LogP contribution in [0.3, 0.4) is 0 Å². The monoisotopic (exact) mass is 390 g/mol. The molecule has 0 fully saturated rings. The minimum Gasteiger partial charge on any atom is -0.503 e. The third-order valence-electron chi connectivity index (χ3n) is 3.51. The van der Waals surface area contributed by atoms with Gasteiger partial charge in [-0.15, -0.1) is 0 Å². The molecule has 0 aliphatic carbocycles. The summed E-state index contributed by atoms with van der Waals surface area (Å²) in [6.07, 6.45) is 1.59. The number of nitrogens with one attached hydrogen (secondary N) is 1. The lowest BCUT2D eigenvalue weighted by Crippen LogP contribution is -2.19. The molecule has 1 aromatic heterocycles. The van der Waals surface area contributed by atoms with Gasteiger partial charge in [-0.05, 0) is 35.4 Å². The highest BCUT2D eigenvalue weighted by atomic mass is 35.5. The molecule has 0 radical (unpaired) electrons. The first-order valence-electron chi connectivity index (χ1n) is 7.49. The van der Waals surface area contributed by atoms with E-state index in [0.717, 1.165) is 15.8 Å². The molecule has 9 heteroatoms. The van der Waals surface area contributed by atoms with E-state index in [-0.39, 0.29) is 28.8 Å². The van der Waals surface area contributed by atoms with Crippen LogP contribution in [0, 0.1) is 0 Å². The Morgan fingerprint density at radius 2 is 2.27 bits per heavy atom. The number of halogens is 1. The summed E-state index contributed by atoms with van der Waals surface area (Å²) < 4.78 is 5.95. The quantitative estimate of drug-likeness (QED) is 0.458. The molecule has 134 valence electrons. The fourth-order valence-corrected chi connectivity index (χ4v) is 3.34. The van der Waals surface area contributed by atoms with Crippen molar-refractivity contribution >= 4 is 50.4 Å². The zero-order valence-corrected chi connectivity index (χ0v) is 15.3. The highest BCUT2D eigenvalue weighted by Gasteiger charge is 2.08. The number of aromatic hydroxyl groups is 1. The predicted octanol–water partition coefficient (Wildman–Crippen LogP) is 2.94. The molecular formula is C17H15ClN4O3S. The molecule has 0 spiro atoms. The molecule has 3 aromatic rings. The summed E-state index contributed by atoms with van der Waals surface area (Å²) in [7, 11) is 1.42. The molecule has 2 aromatic carbocycles. The van der Waals surface area contributed by atoms with Crippen LogP contribution < -0.4 is 15.9 Å². The van der Waals surface area contributed by atoms with Crippen LogP contribution in [0.2, 0.25) is 5.02 Å². The van der Waals surface area contributed by atoms with Crippen LogP contribution >= 0.6 is 22.9 Å². The minimum atomic E-state index is -0.269. The second kappa shape index (κ2) is 7.59. The molecule has 3 rings (SSSR count). The number of nitrogen functional groups attached to an aromatic ring is 1. The smallest absolute Gasteiger partial charge is 0.244 e. The van der Waals surface area contributed by atoms with E-state index < -0.39 is 0 Å². The van der Waals surface area contributed by atoms with E-state index in [2.05, 4.69) is 15.5 Å². The molecule has 26 heavy (non-hydrogen) atoms. The summed E-state index contributed by atoms with van der Waals surface area (Å²) in [4.78, 5) is 16.2. The molecule has 0 aliphatic heterocycles. The Morgan fingerprint density at radius 1 is 1.46 bits per heavy atom. The Hall–Kier alpha value is -2.84. The zero-order valence-electron chi connectivity index (χ0n) is 13.7. The van der Waals surface area contributed by atoms with Crippen LogP contribution in [-0.4, -0.2) is 29.3 Å². The van der Waals surface area contributed by atoms with Crippen LogP contribution in [-0.2, 0) is 11.2 Å². The predicted molar refractivity (Wildman–Crippen MR) is 103 cm³/mol. The number of methoxy groups -OCH3 is 1. The van der Waals surface area contributed by atoms with Gasteiger partial charge in [0, 0.05) is 0 Å². The van der Waals surface area contributed by atoms with E-state index in [4.69, 9.17) is 22.1 Å². The van der Waals surface area contributed by atoms with Crippen LogP contribution in [0.5, 0.6) is 11.5 Å². The van der Waals surface area contributed by atoms with Gasteiger partial charge in [0.25, 0.3) is 0 Å². The van der Waals surface area contributed by atoms with Crippen molar-refractivity contribution in [1.29, 1.82) is 0 Å². The summed E-state index contributed by atoms with van der Waals surface area (Å²) in [6.45, 7) is 0. The molecule has 0 saturated heterocycles. The Bertz CT molecular complexity index is 1000. The third kappa shape index (κ3) is 4.04. The SMILES string of the molecule is COc1cc(/C=N\NC(=O)Cc2ccc3nc(N)sc3c2)cc(Cl)c1O. The molecule has 0 bridgehead atoms. The van der Waals surface area contributed by atoms with Gasteiger partial charge in [0.2, 0.25) is 5.91 Å². The average Bonchev–Trinajstić information content (AvgIpc) is 2.97. The van der Waals surface area contributed by atoms with Crippen LogP contribution in [0.15, 0.2) is 35.4 Å². The Kier molecular flexibility index (Phi) is 5.24. The van der Waals surface area contributed by atoms with Crippen LogP contribution in [0.1, 0.15) is 11.1 Å². The number of thiazole rings is 1. The van der Waals surface area contributed by atoms with Crippen molar-refractivity contribution < 1.29 is 14.6 Å². The highest BCUT2D eigenvalue weighted by molar-refractivity contribution is 7.22. The van der Waals surface area contributed by atoms with E-state index in [1.165, 1.54) is 30.7 Å². The number of carbonyl (C=O) groups excluding carboxylic acids is 1. The van der Waals surface area contributed by atoms with Gasteiger partial charge in [0.05, 0.1) is 35.0 Å². The zero-order chi connectivity index (χ0) is 18.7. The number of nitrogens with two attached hydrogens (primary N) is 1. The summed E-state index contributed by atoms with van der Waals surface area (Å²) in [5, 5.41) is 14.2. The number of anilines is 1. The Labute approximate surface area is 158 Å². The number of aromatic nitrogens is 1. The fraction of sp³-hybridized carbons (Fsp3) is 0.118. The number of nitrogens with zero attached hydrogens (tertiary/aromatic N) is 2. The van der Waals surface area contributed by atoms with Crippen molar-refractivity contribution in [1.82, 2.24) is 10.4 Å². The first-order chi connectivity index (χ1) is 12.5. The van der Waals surface area contributed by atoms with Gasteiger partial charge in [-0.2, -0.15) is 5.10 Å². The molecule has 7 nitrogen and oxygen atoms in total. The van der Waals surface area contributed by atoms with Gasteiger partial charge in [-0.1, -0.05) is 29.0 Å². The van der Waals surface area contributed by atoms with Gasteiger partial charge < -0.3 is 15.6 Å². The number of amides is 1. The van der Waals surface area contributed by atoms with Crippen molar-refractivity contribution in [3.05, 3.63) is 46.5 Å². The van der Waals surface area contributed by atoms with E-state index in [1.807, 2.05) is 18.2 Å². The number of hydrogen-bond acceptors (Lipinski definition) is 7. The third-order valence-corrected chi connectivity index (χ3v) is 4.64. The first kappa shape index (κ1) is 18.0. The number of benzene rings is 2. The Balaban J connectivity index is 1.64. The molecule has 0 aliphatic rings. The maximum Gasteiger partial charge on any atom is 0.244 e. The van der Waals surface area contributed by atoms with Crippen molar-refractivity contribution in [3.8, 4) is 11.5 Å². The van der Waals surface area contributed by atoms with Crippen molar-refractivity contribution in [2.75, 3.05) is 12.8 Å². The normalized spacial score (nSPS) is 11.2. The number of ether oxygens (including phenoxy) is 1. The summed E-state index contributed by atoms with van der Waals surface area (Å²) in [6, 6.07) is 8.61. The molecule has 0 atom stereocenters. The second-order valence-electron chi connectivity index (χ2n) is 5.38. The molecule has 1 amide bonds. The van der Waals surface area contributed by atoms with E-state index in [9.17, 15) is 9.90 Å². The average molecular weight is 391 g/mol. The maximum absolute atomic E-state index is 12.0. The van der Waals surface area contributed by atoms with Gasteiger partial charge in [-0.25, -0.2) is 10.4 Å². The van der Waals surface area contributed by atoms with E-state index in [1.54, 1.807) is 6.07 Å². The Morgan fingerprint density at radius 3 is 3.04 bits per heavy atom. The number of fused-ring (bicyclic) bond motifs is 1. The van der Waals surface area contributed by atoms with Gasteiger partial charge >= 0.3 is 0 Å². The molecule has 4 N–H and O–H groups in total. The maximum atomic E-state index is 12.0. The molecule has 0 unspecified atom stereocenters. The lowest BCUT2D eigenvalue weighted by atomic mass is 10.1. The van der Waals surface area contributed by atoms with Crippen molar-refractivity contribution in [2.24, 2.45) is 5.10 Å². The van der Waals surface area contributed by atoms with Gasteiger partial charge in [0.15, 0.2) is 16.6 Å². The molecule has 0 saturated carbocycles. The summed E-state index contributed by atoms with van der Waals surface area (Å²) in [5.74, 6) is -0.188. The highest BCUT2D eigenvalue weighted by Crippen LogP contribution is 2.34.